The fraction of sp³-hybridized carbons (Fsp3) is 0.154. The van der Waals surface area contributed by atoms with E-state index in [2.05, 4.69) is 31.8 Å². The van der Waals surface area contributed by atoms with Crippen LogP contribution in [0.4, 0.5) is 5.69 Å². The number of non-ortho nitro benzene ring substituents is 1. The second-order valence-corrected chi connectivity index (χ2v) is 8.59. The van der Waals surface area contributed by atoms with Gasteiger partial charge >= 0.3 is 5.97 Å². The highest BCUT2D eigenvalue weighted by molar-refractivity contribution is 9.10. The number of halogens is 1. The van der Waals surface area contributed by atoms with Gasteiger partial charge in [0.15, 0.2) is 11.5 Å². The average molecular weight is 583 g/mol. The van der Waals surface area contributed by atoms with Crippen molar-refractivity contribution in [1.82, 2.24) is 10.7 Å². The summed E-state index contributed by atoms with van der Waals surface area (Å²) in [7, 11) is 1.40. The van der Waals surface area contributed by atoms with Gasteiger partial charge in [-0.15, -0.1) is 0 Å². The molecular weight excluding hydrogens is 560 g/mol. The second kappa shape index (κ2) is 13.7. The first kappa shape index (κ1) is 28.0. The first-order chi connectivity index (χ1) is 18.3. The number of hydrogen-bond acceptors (Lipinski definition) is 8. The minimum Gasteiger partial charge on any atom is -0.493 e. The van der Waals surface area contributed by atoms with Gasteiger partial charge in [0.05, 0.1) is 29.4 Å². The minimum atomic E-state index is -0.709. The van der Waals surface area contributed by atoms with Crippen LogP contribution in [0, 0.1) is 10.1 Å². The molecule has 0 fully saturated rings. The van der Waals surface area contributed by atoms with Gasteiger partial charge in [0.2, 0.25) is 5.91 Å². The van der Waals surface area contributed by atoms with Crippen LogP contribution in [0.25, 0.3) is 0 Å². The highest BCUT2D eigenvalue weighted by Gasteiger charge is 2.15. The molecule has 0 spiro atoms. The van der Waals surface area contributed by atoms with Crippen molar-refractivity contribution >= 4 is 45.6 Å². The number of hydrogen-bond donors (Lipinski definition) is 2. The van der Waals surface area contributed by atoms with Crippen molar-refractivity contribution in [2.24, 2.45) is 5.10 Å². The van der Waals surface area contributed by atoms with E-state index in [0.29, 0.717) is 28.6 Å². The van der Waals surface area contributed by atoms with Gasteiger partial charge in [0.25, 0.3) is 11.6 Å². The minimum absolute atomic E-state index is 0.138. The van der Waals surface area contributed by atoms with Crippen LogP contribution in [0.2, 0.25) is 0 Å². The Labute approximate surface area is 226 Å². The third kappa shape index (κ3) is 7.96. The molecule has 0 aromatic heterocycles. The van der Waals surface area contributed by atoms with Crippen molar-refractivity contribution in [3.8, 4) is 11.5 Å². The molecule has 2 N–H and O–H groups in total. The maximum Gasteiger partial charge on any atom is 0.343 e. The lowest BCUT2D eigenvalue weighted by molar-refractivity contribution is -0.384. The third-order valence-electron chi connectivity index (χ3n) is 5.09. The predicted molar refractivity (Wildman–Crippen MR) is 142 cm³/mol. The Hall–Kier alpha value is -4.58. The Morgan fingerprint density at radius 1 is 1.05 bits per heavy atom. The van der Waals surface area contributed by atoms with Gasteiger partial charge in [0, 0.05) is 29.6 Å². The predicted octanol–water partition coefficient (Wildman–Crippen LogP) is 4.25. The number of carbonyl (C=O) groups excluding carboxylic acids is 3. The monoisotopic (exact) mass is 582 g/mol. The number of amides is 2. The Balaban J connectivity index is 1.47. The number of esters is 1. The van der Waals surface area contributed by atoms with Gasteiger partial charge in [-0.1, -0.05) is 12.1 Å². The summed E-state index contributed by atoms with van der Waals surface area (Å²) >= 11 is 3.33. The summed E-state index contributed by atoms with van der Waals surface area (Å²) in [6.45, 7) is 0.328. The number of nitrogens with one attached hydrogen (secondary N) is 2. The number of nitro groups is 1. The zero-order valence-electron chi connectivity index (χ0n) is 20.2. The highest BCUT2D eigenvalue weighted by Crippen LogP contribution is 2.28. The zero-order chi connectivity index (χ0) is 27.5. The van der Waals surface area contributed by atoms with Gasteiger partial charge in [-0.2, -0.15) is 5.10 Å². The molecule has 2 amide bonds. The van der Waals surface area contributed by atoms with E-state index in [1.807, 2.05) is 6.07 Å². The molecule has 0 radical (unpaired) electrons. The number of nitro benzene ring substituents is 1. The van der Waals surface area contributed by atoms with Crippen LogP contribution in [0.3, 0.4) is 0 Å². The molecule has 0 aliphatic heterocycles. The lowest BCUT2D eigenvalue weighted by Gasteiger charge is -2.10. The van der Waals surface area contributed by atoms with Crippen LogP contribution < -0.4 is 20.2 Å². The van der Waals surface area contributed by atoms with Crippen LogP contribution in [0.15, 0.2) is 76.3 Å². The van der Waals surface area contributed by atoms with E-state index >= 15 is 0 Å². The molecule has 12 heteroatoms. The van der Waals surface area contributed by atoms with E-state index < -0.39 is 10.9 Å². The molecule has 0 bridgehead atoms. The van der Waals surface area contributed by atoms with Crippen molar-refractivity contribution < 1.29 is 28.8 Å². The summed E-state index contributed by atoms with van der Waals surface area (Å²) in [6.07, 6.45) is 1.99. The van der Waals surface area contributed by atoms with Crippen molar-refractivity contribution in [3.05, 3.63) is 98.0 Å². The maximum absolute atomic E-state index is 12.4. The van der Waals surface area contributed by atoms with E-state index in [4.69, 9.17) is 9.47 Å². The number of ether oxygens (including phenoxy) is 2. The average Bonchev–Trinajstić information content (AvgIpc) is 2.92. The molecule has 38 heavy (non-hydrogen) atoms. The molecule has 3 aromatic rings. The molecule has 0 heterocycles. The van der Waals surface area contributed by atoms with Gasteiger partial charge in [-0.3, -0.25) is 19.7 Å². The molecule has 196 valence electrons. The summed E-state index contributed by atoms with van der Waals surface area (Å²) in [5.74, 6) is -0.874. The van der Waals surface area contributed by atoms with E-state index in [1.54, 1.807) is 30.3 Å². The topological polar surface area (TPSA) is 149 Å². The second-order valence-electron chi connectivity index (χ2n) is 7.74. The summed E-state index contributed by atoms with van der Waals surface area (Å²) in [5.41, 5.74) is 3.50. The van der Waals surface area contributed by atoms with Crippen LogP contribution >= 0.6 is 15.9 Å². The lowest BCUT2D eigenvalue weighted by atomic mass is 10.2. The Morgan fingerprint density at radius 2 is 1.79 bits per heavy atom. The summed E-state index contributed by atoms with van der Waals surface area (Å²) in [6, 6.07) is 16.7. The number of hydrazone groups is 1. The molecule has 3 rings (SSSR count). The smallest absolute Gasteiger partial charge is 0.343 e. The largest absolute Gasteiger partial charge is 0.493 e. The normalized spacial score (nSPS) is 10.6. The quantitative estimate of drug-likeness (QED) is 0.0856. The Kier molecular flexibility index (Phi) is 10.1. The molecule has 3 aromatic carbocycles. The molecule has 0 saturated heterocycles. The fourth-order valence-corrected chi connectivity index (χ4v) is 3.62. The number of nitrogens with zero attached hydrogens (tertiary/aromatic N) is 2. The molecule has 0 aliphatic carbocycles. The summed E-state index contributed by atoms with van der Waals surface area (Å²) < 4.78 is 11.3. The van der Waals surface area contributed by atoms with E-state index in [0.717, 1.165) is 0 Å². The van der Waals surface area contributed by atoms with Gasteiger partial charge in [-0.05, 0) is 70.4 Å². The summed E-state index contributed by atoms with van der Waals surface area (Å²) in [4.78, 5) is 46.8. The van der Waals surface area contributed by atoms with E-state index in [9.17, 15) is 24.5 Å². The van der Waals surface area contributed by atoms with Gasteiger partial charge in [0.1, 0.15) is 0 Å². The van der Waals surface area contributed by atoms with Crippen LogP contribution in [-0.2, 0) is 4.79 Å². The standard InChI is InChI=1S/C26H23BrN4O7/c1-37-23-15-17(8-13-22(23)38-26(34)18-9-11-19(12-10-18)31(35)36)16-29-30-24(32)7-4-14-28-25(33)20-5-2-3-6-21(20)27/h2-3,5-6,8-13,15-16H,4,7,14H2,1H3,(H,28,33)(H,30,32). The number of rotatable bonds is 11. The van der Waals surface area contributed by atoms with Crippen LogP contribution in [0.5, 0.6) is 11.5 Å². The first-order valence-electron chi connectivity index (χ1n) is 11.3. The van der Waals surface area contributed by atoms with E-state index in [1.165, 1.54) is 43.7 Å². The Morgan fingerprint density at radius 3 is 2.47 bits per heavy atom. The zero-order valence-corrected chi connectivity index (χ0v) is 21.8. The first-order valence-corrected chi connectivity index (χ1v) is 12.1. The number of methoxy groups -OCH3 is 1. The van der Waals surface area contributed by atoms with Crippen molar-refractivity contribution in [2.75, 3.05) is 13.7 Å². The summed E-state index contributed by atoms with van der Waals surface area (Å²) in [5, 5.41) is 17.4. The number of carbonyl (C=O) groups is 3. The van der Waals surface area contributed by atoms with Gasteiger partial charge < -0.3 is 14.8 Å². The molecule has 0 atom stereocenters. The fourth-order valence-electron chi connectivity index (χ4n) is 3.15. The Bertz CT molecular complexity index is 1360. The van der Waals surface area contributed by atoms with Crippen LogP contribution in [-0.4, -0.2) is 42.6 Å². The molecule has 11 nitrogen and oxygen atoms in total. The molecule has 0 unspecified atom stereocenters. The molecule has 0 saturated carbocycles. The maximum atomic E-state index is 12.4. The third-order valence-corrected chi connectivity index (χ3v) is 5.78. The highest BCUT2D eigenvalue weighted by atomic mass is 79.9. The SMILES string of the molecule is COc1cc(C=NNC(=O)CCCNC(=O)c2ccccc2Br)ccc1OC(=O)c1ccc([N+](=O)[O-])cc1. The van der Waals surface area contributed by atoms with Crippen molar-refractivity contribution in [1.29, 1.82) is 0 Å². The molecular formula is C26H23BrN4O7. The molecule has 0 aliphatic rings. The van der Waals surface area contributed by atoms with Crippen molar-refractivity contribution in [2.45, 2.75) is 12.8 Å². The van der Waals surface area contributed by atoms with Crippen LogP contribution in [0.1, 0.15) is 39.1 Å². The van der Waals surface area contributed by atoms with E-state index in [-0.39, 0.29) is 41.0 Å². The van der Waals surface area contributed by atoms with Crippen molar-refractivity contribution in [3.63, 3.8) is 0 Å². The van der Waals surface area contributed by atoms with Gasteiger partial charge in [-0.25, -0.2) is 10.2 Å². The lowest BCUT2D eigenvalue weighted by Crippen LogP contribution is -2.26. The number of benzene rings is 3.